The number of hydrogen-bond donors (Lipinski definition) is 1. The van der Waals surface area contributed by atoms with Crippen LogP contribution in [-0.4, -0.2) is 11.7 Å². The molecule has 3 rings (SSSR count). The molecule has 0 bridgehead atoms. The molecule has 0 aliphatic heterocycles. The van der Waals surface area contributed by atoms with E-state index in [1.54, 1.807) is 72.8 Å². The summed E-state index contributed by atoms with van der Waals surface area (Å²) in [4.78, 5) is 25.7. The first-order valence-corrected chi connectivity index (χ1v) is 9.55. The molecule has 2 atom stereocenters. The van der Waals surface area contributed by atoms with Crippen LogP contribution in [0.1, 0.15) is 28.3 Å². The Labute approximate surface area is 174 Å². The lowest BCUT2D eigenvalue weighted by atomic mass is 9.81. The van der Waals surface area contributed by atoms with E-state index in [4.69, 9.17) is 11.6 Å². The van der Waals surface area contributed by atoms with Gasteiger partial charge in [0.25, 0.3) is 0 Å². The van der Waals surface area contributed by atoms with Gasteiger partial charge in [-0.2, -0.15) is 5.26 Å². The van der Waals surface area contributed by atoms with Crippen LogP contribution in [-0.2, 0) is 4.79 Å². The summed E-state index contributed by atoms with van der Waals surface area (Å²) in [7, 11) is 0. The van der Waals surface area contributed by atoms with Crippen molar-refractivity contribution < 1.29 is 9.59 Å². The van der Waals surface area contributed by atoms with E-state index in [1.165, 1.54) is 0 Å². The molecule has 1 amide bonds. The second-order valence-electron chi connectivity index (χ2n) is 6.61. The monoisotopic (exact) mass is 402 g/mol. The smallest absolute Gasteiger partial charge is 0.242 e. The Morgan fingerprint density at radius 3 is 2.07 bits per heavy atom. The topological polar surface area (TPSA) is 70.0 Å². The number of hydrogen-bond acceptors (Lipinski definition) is 3. The van der Waals surface area contributed by atoms with E-state index >= 15 is 0 Å². The summed E-state index contributed by atoms with van der Waals surface area (Å²) < 4.78 is 0. The molecule has 5 heteroatoms. The van der Waals surface area contributed by atoms with Crippen LogP contribution in [0.5, 0.6) is 0 Å². The standard InChI is InChI=1S/C24H19ClN2O2/c25-19-13-11-17(12-14-19)21(15-23(28)18-7-3-1-4-8-18)22(16-26)24(29)27-20-9-5-2-6-10-20/h1-14,21-22H,15H2,(H,27,29). The van der Waals surface area contributed by atoms with Crippen LogP contribution in [0.2, 0.25) is 5.02 Å². The Hall–Kier alpha value is -3.42. The summed E-state index contributed by atoms with van der Waals surface area (Å²) in [5.74, 6) is -2.21. The first-order chi connectivity index (χ1) is 14.1. The molecule has 144 valence electrons. The Morgan fingerprint density at radius 1 is 0.897 bits per heavy atom. The minimum Gasteiger partial charge on any atom is -0.325 e. The Kier molecular flexibility index (Phi) is 6.78. The van der Waals surface area contributed by atoms with Gasteiger partial charge >= 0.3 is 0 Å². The van der Waals surface area contributed by atoms with Gasteiger partial charge < -0.3 is 5.32 Å². The SMILES string of the molecule is N#CC(C(=O)Nc1ccccc1)C(CC(=O)c1ccccc1)c1ccc(Cl)cc1. The second-order valence-corrected chi connectivity index (χ2v) is 7.05. The number of nitrogens with zero attached hydrogens (tertiary/aromatic N) is 1. The number of rotatable bonds is 7. The van der Waals surface area contributed by atoms with E-state index in [9.17, 15) is 14.9 Å². The van der Waals surface area contributed by atoms with Crippen molar-refractivity contribution in [3.8, 4) is 6.07 Å². The third kappa shape index (κ3) is 5.31. The quantitative estimate of drug-likeness (QED) is 0.532. The third-order valence-corrected chi connectivity index (χ3v) is 4.92. The molecule has 2 unspecified atom stereocenters. The number of carbonyl (C=O) groups is 2. The van der Waals surface area contributed by atoms with Crippen molar-refractivity contribution in [2.24, 2.45) is 5.92 Å². The Morgan fingerprint density at radius 2 is 1.48 bits per heavy atom. The number of halogens is 1. The first kappa shape index (κ1) is 20.3. The van der Waals surface area contributed by atoms with E-state index in [0.717, 1.165) is 0 Å². The van der Waals surface area contributed by atoms with Gasteiger partial charge in [-0.1, -0.05) is 72.3 Å². The molecule has 0 radical (unpaired) electrons. The van der Waals surface area contributed by atoms with E-state index in [2.05, 4.69) is 11.4 Å². The van der Waals surface area contributed by atoms with Crippen molar-refractivity contribution in [3.63, 3.8) is 0 Å². The molecule has 3 aromatic carbocycles. The Balaban J connectivity index is 1.90. The van der Waals surface area contributed by atoms with Gasteiger partial charge in [-0.05, 0) is 29.8 Å². The number of carbonyl (C=O) groups excluding carboxylic acids is 2. The number of Topliss-reactive ketones (excluding diaryl/α,β-unsaturated/α-hetero) is 1. The minimum absolute atomic E-state index is 0.0338. The molecule has 0 saturated carbocycles. The van der Waals surface area contributed by atoms with Crippen molar-refractivity contribution in [1.82, 2.24) is 0 Å². The maximum atomic E-state index is 12.9. The predicted octanol–water partition coefficient (Wildman–Crippen LogP) is 5.48. The van der Waals surface area contributed by atoms with Crippen molar-refractivity contribution in [2.45, 2.75) is 12.3 Å². The highest BCUT2D eigenvalue weighted by Crippen LogP contribution is 2.31. The van der Waals surface area contributed by atoms with Gasteiger partial charge in [0.1, 0.15) is 5.92 Å². The maximum absolute atomic E-state index is 12.9. The van der Waals surface area contributed by atoms with E-state index in [-0.39, 0.29) is 12.2 Å². The fourth-order valence-electron chi connectivity index (χ4n) is 3.15. The van der Waals surface area contributed by atoms with Crippen molar-refractivity contribution >= 4 is 29.0 Å². The normalized spacial score (nSPS) is 12.4. The molecule has 3 aromatic rings. The average molecular weight is 403 g/mol. The fourth-order valence-corrected chi connectivity index (χ4v) is 3.28. The second kappa shape index (κ2) is 9.68. The number of amides is 1. The molecular formula is C24H19ClN2O2. The number of nitrogens with one attached hydrogen (secondary N) is 1. The number of ketones is 1. The van der Waals surface area contributed by atoms with Crippen molar-refractivity contribution in [2.75, 3.05) is 5.32 Å². The van der Waals surface area contributed by atoms with E-state index in [0.29, 0.717) is 21.8 Å². The summed E-state index contributed by atoms with van der Waals surface area (Å²) in [6.07, 6.45) is 0.0338. The molecule has 4 nitrogen and oxygen atoms in total. The molecule has 0 aliphatic rings. The van der Waals surface area contributed by atoms with Gasteiger partial charge in [-0.3, -0.25) is 9.59 Å². The zero-order chi connectivity index (χ0) is 20.6. The highest BCUT2D eigenvalue weighted by Gasteiger charge is 2.32. The average Bonchev–Trinajstić information content (AvgIpc) is 2.75. The zero-order valence-electron chi connectivity index (χ0n) is 15.6. The highest BCUT2D eigenvalue weighted by molar-refractivity contribution is 6.30. The summed E-state index contributed by atoms with van der Waals surface area (Å²) in [6.45, 7) is 0. The molecule has 0 aromatic heterocycles. The van der Waals surface area contributed by atoms with Gasteiger partial charge in [0.05, 0.1) is 6.07 Å². The van der Waals surface area contributed by atoms with Crippen LogP contribution in [0, 0.1) is 17.2 Å². The molecule has 0 heterocycles. The molecule has 0 fully saturated rings. The fraction of sp³-hybridized carbons (Fsp3) is 0.125. The third-order valence-electron chi connectivity index (χ3n) is 4.66. The molecule has 29 heavy (non-hydrogen) atoms. The molecular weight excluding hydrogens is 384 g/mol. The van der Waals surface area contributed by atoms with Crippen molar-refractivity contribution in [1.29, 1.82) is 5.26 Å². The maximum Gasteiger partial charge on any atom is 0.242 e. The van der Waals surface area contributed by atoms with Crippen LogP contribution >= 0.6 is 11.6 Å². The number of anilines is 1. The number of benzene rings is 3. The Bertz CT molecular complexity index is 1010. The number of nitriles is 1. The van der Waals surface area contributed by atoms with Crippen LogP contribution in [0.3, 0.4) is 0 Å². The van der Waals surface area contributed by atoms with Crippen LogP contribution in [0.25, 0.3) is 0 Å². The summed E-state index contributed by atoms with van der Waals surface area (Å²) in [5.41, 5.74) is 1.86. The van der Waals surface area contributed by atoms with Crippen LogP contribution in [0.15, 0.2) is 84.9 Å². The van der Waals surface area contributed by atoms with Crippen LogP contribution < -0.4 is 5.32 Å². The lowest BCUT2D eigenvalue weighted by Crippen LogP contribution is -2.28. The number of para-hydroxylation sites is 1. The largest absolute Gasteiger partial charge is 0.325 e. The van der Waals surface area contributed by atoms with Gasteiger partial charge in [0.2, 0.25) is 5.91 Å². The molecule has 0 spiro atoms. The highest BCUT2D eigenvalue weighted by atomic mass is 35.5. The lowest BCUT2D eigenvalue weighted by Gasteiger charge is -2.22. The van der Waals surface area contributed by atoms with Gasteiger partial charge in [0.15, 0.2) is 5.78 Å². The van der Waals surface area contributed by atoms with E-state index < -0.39 is 17.7 Å². The zero-order valence-corrected chi connectivity index (χ0v) is 16.3. The summed E-state index contributed by atoms with van der Waals surface area (Å²) >= 11 is 5.99. The summed E-state index contributed by atoms with van der Waals surface area (Å²) in [5, 5.41) is 13.1. The minimum atomic E-state index is -1.04. The predicted molar refractivity (Wildman–Crippen MR) is 114 cm³/mol. The molecule has 0 aliphatic carbocycles. The van der Waals surface area contributed by atoms with Gasteiger partial charge in [0, 0.05) is 28.6 Å². The van der Waals surface area contributed by atoms with E-state index in [1.807, 2.05) is 12.1 Å². The van der Waals surface area contributed by atoms with Crippen LogP contribution in [0.4, 0.5) is 5.69 Å². The van der Waals surface area contributed by atoms with Gasteiger partial charge in [-0.25, -0.2) is 0 Å². The summed E-state index contributed by atoms with van der Waals surface area (Å²) in [6, 6.07) is 26.8. The molecule has 1 N–H and O–H groups in total. The first-order valence-electron chi connectivity index (χ1n) is 9.17. The molecule has 0 saturated heterocycles. The van der Waals surface area contributed by atoms with Gasteiger partial charge in [-0.15, -0.1) is 0 Å². The van der Waals surface area contributed by atoms with Crippen molar-refractivity contribution in [3.05, 3.63) is 101 Å². The lowest BCUT2D eigenvalue weighted by molar-refractivity contribution is -0.118.